The Hall–Kier alpha value is -0.0800. The summed E-state index contributed by atoms with van der Waals surface area (Å²) < 4.78 is 0. The smallest absolute Gasteiger partial charge is 0.0303 e. The van der Waals surface area contributed by atoms with E-state index in [9.17, 15) is 0 Å². The second-order valence-corrected chi connectivity index (χ2v) is 6.73. The van der Waals surface area contributed by atoms with Crippen LogP contribution < -0.4 is 5.73 Å². The van der Waals surface area contributed by atoms with Crippen LogP contribution in [0.1, 0.15) is 66.2 Å². The van der Waals surface area contributed by atoms with Crippen molar-refractivity contribution >= 4 is 0 Å². The fourth-order valence-corrected chi connectivity index (χ4v) is 3.25. The summed E-state index contributed by atoms with van der Waals surface area (Å²) >= 11 is 0. The van der Waals surface area contributed by atoms with E-state index in [0.717, 1.165) is 18.4 Å². The Morgan fingerprint density at radius 1 is 1.22 bits per heavy atom. The Labute approximate surface area is 114 Å². The molecule has 1 rings (SSSR count). The summed E-state index contributed by atoms with van der Waals surface area (Å²) in [5.74, 6) is 1.77. The summed E-state index contributed by atoms with van der Waals surface area (Å²) in [4.78, 5) is 2.67. The molecule has 108 valence electrons. The van der Waals surface area contributed by atoms with Gasteiger partial charge >= 0.3 is 0 Å². The van der Waals surface area contributed by atoms with Crippen LogP contribution in [0.2, 0.25) is 0 Å². The monoisotopic (exact) mass is 254 g/mol. The van der Waals surface area contributed by atoms with Crippen LogP contribution in [-0.2, 0) is 0 Å². The Morgan fingerprint density at radius 2 is 1.83 bits per heavy atom. The van der Waals surface area contributed by atoms with Gasteiger partial charge in [-0.25, -0.2) is 0 Å². The fourth-order valence-electron chi connectivity index (χ4n) is 3.25. The zero-order chi connectivity index (χ0) is 13.6. The Bertz CT molecular complexity index is 219. The molecule has 2 heteroatoms. The van der Waals surface area contributed by atoms with E-state index in [1.807, 2.05) is 0 Å². The van der Waals surface area contributed by atoms with Crippen molar-refractivity contribution in [3.05, 3.63) is 0 Å². The molecule has 2 nitrogen and oxygen atoms in total. The Kier molecular flexibility index (Phi) is 6.65. The van der Waals surface area contributed by atoms with Crippen molar-refractivity contribution in [3.8, 4) is 0 Å². The van der Waals surface area contributed by atoms with E-state index in [-0.39, 0.29) is 5.54 Å². The molecule has 0 bridgehead atoms. The molecule has 1 aliphatic heterocycles. The summed E-state index contributed by atoms with van der Waals surface area (Å²) in [6.07, 6.45) is 7.97. The van der Waals surface area contributed by atoms with E-state index in [1.54, 1.807) is 0 Å². The van der Waals surface area contributed by atoms with Crippen molar-refractivity contribution in [2.24, 2.45) is 17.6 Å². The third kappa shape index (κ3) is 4.24. The average Bonchev–Trinajstić information content (AvgIpc) is 2.39. The zero-order valence-corrected chi connectivity index (χ0v) is 13.0. The van der Waals surface area contributed by atoms with Crippen LogP contribution in [0.4, 0.5) is 0 Å². The second-order valence-electron chi connectivity index (χ2n) is 6.73. The lowest BCUT2D eigenvalue weighted by molar-refractivity contribution is 0.0499. The number of unbranched alkanes of at least 4 members (excludes halogenated alkanes) is 2. The molecule has 1 heterocycles. The molecule has 0 aliphatic carbocycles. The van der Waals surface area contributed by atoms with E-state index in [0.29, 0.717) is 0 Å². The van der Waals surface area contributed by atoms with Gasteiger partial charge < -0.3 is 5.73 Å². The van der Waals surface area contributed by atoms with Gasteiger partial charge in [-0.2, -0.15) is 0 Å². The maximum atomic E-state index is 6.07. The van der Waals surface area contributed by atoms with E-state index >= 15 is 0 Å². The molecule has 1 aliphatic rings. The van der Waals surface area contributed by atoms with Crippen LogP contribution in [0.15, 0.2) is 0 Å². The normalized spacial score (nSPS) is 22.3. The summed E-state index contributed by atoms with van der Waals surface area (Å²) in [7, 11) is 0. The summed E-state index contributed by atoms with van der Waals surface area (Å²) in [6, 6.07) is 0. The predicted molar refractivity (Wildman–Crippen MR) is 80.7 cm³/mol. The van der Waals surface area contributed by atoms with Crippen molar-refractivity contribution in [2.45, 2.75) is 71.8 Å². The van der Waals surface area contributed by atoms with Crippen molar-refractivity contribution in [1.29, 1.82) is 0 Å². The maximum absolute atomic E-state index is 6.07. The number of hydrogen-bond donors (Lipinski definition) is 1. The molecule has 0 spiro atoms. The van der Waals surface area contributed by atoms with Gasteiger partial charge in [-0.15, -0.1) is 0 Å². The molecular weight excluding hydrogens is 220 g/mol. The van der Waals surface area contributed by atoms with E-state index in [1.165, 1.54) is 51.6 Å². The third-order valence-corrected chi connectivity index (χ3v) is 5.00. The molecule has 0 saturated carbocycles. The van der Waals surface area contributed by atoms with Gasteiger partial charge in [0.15, 0.2) is 0 Å². The highest BCUT2D eigenvalue weighted by molar-refractivity contribution is 4.90. The van der Waals surface area contributed by atoms with Crippen molar-refractivity contribution in [1.82, 2.24) is 4.90 Å². The molecule has 1 atom stereocenters. The standard InChI is InChI=1S/C16H34N2/c1-5-6-7-10-16(4,13-17)18-11-8-15(9-12-18)14(2)3/h14-15H,5-13,17H2,1-4H3. The van der Waals surface area contributed by atoms with Crippen LogP contribution in [0.5, 0.6) is 0 Å². The zero-order valence-electron chi connectivity index (χ0n) is 13.0. The number of nitrogens with zero attached hydrogens (tertiary/aromatic N) is 1. The summed E-state index contributed by atoms with van der Waals surface area (Å²) in [5, 5.41) is 0. The molecule has 0 radical (unpaired) electrons. The van der Waals surface area contributed by atoms with Gasteiger partial charge in [-0.3, -0.25) is 4.90 Å². The van der Waals surface area contributed by atoms with Crippen molar-refractivity contribution in [3.63, 3.8) is 0 Å². The molecule has 0 amide bonds. The van der Waals surface area contributed by atoms with Gasteiger partial charge in [0.2, 0.25) is 0 Å². The molecule has 1 fully saturated rings. The van der Waals surface area contributed by atoms with Gasteiger partial charge in [0.25, 0.3) is 0 Å². The number of rotatable bonds is 7. The summed E-state index contributed by atoms with van der Waals surface area (Å²) in [6.45, 7) is 12.7. The predicted octanol–water partition coefficient (Wildman–Crippen LogP) is 3.65. The number of nitrogens with two attached hydrogens (primary N) is 1. The van der Waals surface area contributed by atoms with E-state index in [4.69, 9.17) is 5.73 Å². The molecule has 0 aromatic rings. The first kappa shape index (κ1) is 16.0. The van der Waals surface area contributed by atoms with E-state index < -0.39 is 0 Å². The largest absolute Gasteiger partial charge is 0.329 e. The average molecular weight is 254 g/mol. The number of piperidine rings is 1. The maximum Gasteiger partial charge on any atom is 0.0303 e. The molecule has 0 aromatic carbocycles. The van der Waals surface area contributed by atoms with Crippen LogP contribution >= 0.6 is 0 Å². The molecule has 2 N–H and O–H groups in total. The minimum Gasteiger partial charge on any atom is -0.329 e. The first-order valence-corrected chi connectivity index (χ1v) is 7.98. The van der Waals surface area contributed by atoms with Crippen LogP contribution in [0.3, 0.4) is 0 Å². The topological polar surface area (TPSA) is 29.3 Å². The van der Waals surface area contributed by atoms with Crippen LogP contribution in [-0.4, -0.2) is 30.1 Å². The Morgan fingerprint density at radius 3 is 2.28 bits per heavy atom. The lowest BCUT2D eigenvalue weighted by Crippen LogP contribution is -2.54. The molecule has 1 unspecified atom stereocenters. The number of likely N-dealkylation sites (tertiary alicyclic amines) is 1. The third-order valence-electron chi connectivity index (χ3n) is 5.00. The highest BCUT2D eigenvalue weighted by atomic mass is 15.2. The van der Waals surface area contributed by atoms with Gasteiger partial charge in [0.1, 0.15) is 0 Å². The van der Waals surface area contributed by atoms with Gasteiger partial charge in [-0.1, -0.05) is 40.0 Å². The lowest BCUT2D eigenvalue weighted by Gasteiger charge is -2.45. The van der Waals surface area contributed by atoms with Crippen LogP contribution in [0, 0.1) is 11.8 Å². The Balaban J connectivity index is 2.46. The minimum atomic E-state index is 0.247. The number of hydrogen-bond acceptors (Lipinski definition) is 2. The van der Waals surface area contributed by atoms with Gasteiger partial charge in [0.05, 0.1) is 0 Å². The lowest BCUT2D eigenvalue weighted by atomic mass is 9.83. The van der Waals surface area contributed by atoms with Crippen molar-refractivity contribution < 1.29 is 0 Å². The van der Waals surface area contributed by atoms with Gasteiger partial charge in [0, 0.05) is 12.1 Å². The van der Waals surface area contributed by atoms with Crippen LogP contribution in [0.25, 0.3) is 0 Å². The minimum absolute atomic E-state index is 0.247. The second kappa shape index (κ2) is 7.49. The van der Waals surface area contributed by atoms with E-state index in [2.05, 4.69) is 32.6 Å². The molecule has 1 saturated heterocycles. The SMILES string of the molecule is CCCCCC(C)(CN)N1CCC(C(C)C)CC1. The first-order chi connectivity index (χ1) is 8.53. The summed E-state index contributed by atoms with van der Waals surface area (Å²) in [5.41, 5.74) is 6.32. The van der Waals surface area contributed by atoms with Crippen molar-refractivity contribution in [2.75, 3.05) is 19.6 Å². The molecule has 18 heavy (non-hydrogen) atoms. The highest BCUT2D eigenvalue weighted by Crippen LogP contribution is 2.30. The fraction of sp³-hybridized carbons (Fsp3) is 1.00. The van der Waals surface area contributed by atoms with Gasteiger partial charge in [-0.05, 0) is 51.1 Å². The quantitative estimate of drug-likeness (QED) is 0.703. The molecule has 0 aromatic heterocycles. The highest BCUT2D eigenvalue weighted by Gasteiger charge is 2.33. The molecular formula is C16H34N2. The first-order valence-electron chi connectivity index (χ1n) is 7.98.